The molecule has 0 radical (unpaired) electrons. The number of hydrogen-bond donors (Lipinski definition) is 0. The summed E-state index contributed by atoms with van der Waals surface area (Å²) in [6, 6.07) is 2.67. The molecule has 0 aromatic carbocycles. The summed E-state index contributed by atoms with van der Waals surface area (Å²) >= 11 is 0. The fourth-order valence-electron chi connectivity index (χ4n) is 4.10. The molecule has 0 N–H and O–H groups in total. The van der Waals surface area contributed by atoms with E-state index < -0.39 is 11.7 Å². The minimum Gasteiger partial charge on any atom is -0.360 e. The zero-order valence-electron chi connectivity index (χ0n) is 16.2. The zero-order chi connectivity index (χ0) is 21.0. The summed E-state index contributed by atoms with van der Waals surface area (Å²) in [4.78, 5) is 18.5. The molecule has 4 heterocycles. The molecule has 2 aliphatic rings. The second kappa shape index (κ2) is 6.82. The molecule has 3 aromatic rings. The lowest BCUT2D eigenvalue weighted by Gasteiger charge is -2.31. The van der Waals surface area contributed by atoms with Crippen LogP contribution in [0.3, 0.4) is 0 Å². The van der Waals surface area contributed by atoms with Gasteiger partial charge in [0.25, 0.3) is 11.6 Å². The van der Waals surface area contributed by atoms with Gasteiger partial charge in [-0.3, -0.25) is 4.79 Å². The molecule has 2 fully saturated rings. The molecule has 1 saturated heterocycles. The minimum atomic E-state index is -4.56. The van der Waals surface area contributed by atoms with Crippen molar-refractivity contribution >= 4 is 17.0 Å². The third kappa shape index (κ3) is 3.33. The van der Waals surface area contributed by atoms with E-state index in [0.717, 1.165) is 18.9 Å². The Kier molecular flexibility index (Phi) is 4.33. The van der Waals surface area contributed by atoms with E-state index in [1.807, 2.05) is 0 Å². The van der Waals surface area contributed by atoms with Gasteiger partial charge in [0.2, 0.25) is 0 Å². The third-order valence-electron chi connectivity index (χ3n) is 5.73. The molecule has 3 aromatic heterocycles. The Morgan fingerprint density at radius 2 is 1.93 bits per heavy atom. The number of amides is 1. The van der Waals surface area contributed by atoms with Crippen LogP contribution < -0.4 is 0 Å². The average molecular weight is 420 g/mol. The summed E-state index contributed by atoms with van der Waals surface area (Å²) in [7, 11) is 0. The van der Waals surface area contributed by atoms with E-state index in [-0.39, 0.29) is 46.6 Å². The van der Waals surface area contributed by atoms with Crippen molar-refractivity contribution in [3.63, 3.8) is 0 Å². The largest absolute Gasteiger partial charge is 0.417 e. The average Bonchev–Trinajstić information content (AvgIpc) is 3.29. The highest BCUT2D eigenvalue weighted by Gasteiger charge is 2.38. The van der Waals surface area contributed by atoms with Crippen LogP contribution in [0.25, 0.3) is 11.1 Å². The topological polar surface area (TPSA) is 85.3 Å². The highest BCUT2D eigenvalue weighted by molar-refractivity contribution is 5.92. The molecule has 0 unspecified atom stereocenters. The molecule has 10 heteroatoms. The van der Waals surface area contributed by atoms with Gasteiger partial charge in [-0.2, -0.15) is 13.2 Å². The van der Waals surface area contributed by atoms with E-state index in [1.54, 1.807) is 11.0 Å². The van der Waals surface area contributed by atoms with Gasteiger partial charge in [-0.05, 0) is 38.7 Å². The molecule has 1 saturated carbocycles. The smallest absolute Gasteiger partial charge is 0.360 e. The Balaban J connectivity index is 1.44. The van der Waals surface area contributed by atoms with Crippen LogP contribution in [-0.2, 0) is 6.18 Å². The number of carbonyl (C=O) groups is 1. The molecule has 0 bridgehead atoms. The van der Waals surface area contributed by atoms with Crippen molar-refractivity contribution in [1.29, 1.82) is 0 Å². The second-order valence-corrected chi connectivity index (χ2v) is 8.04. The first kappa shape index (κ1) is 19.1. The van der Waals surface area contributed by atoms with E-state index in [2.05, 4.69) is 15.3 Å². The molecular weight excluding hydrogens is 401 g/mol. The molecule has 1 amide bonds. The Hall–Kier alpha value is -2.91. The summed E-state index contributed by atoms with van der Waals surface area (Å²) in [5, 5.41) is 7.69. The lowest BCUT2D eigenvalue weighted by molar-refractivity contribution is -0.136. The highest BCUT2D eigenvalue weighted by atomic mass is 19.4. The van der Waals surface area contributed by atoms with E-state index in [0.29, 0.717) is 31.1 Å². The van der Waals surface area contributed by atoms with E-state index in [9.17, 15) is 18.0 Å². The summed E-state index contributed by atoms with van der Waals surface area (Å²) in [6.07, 6.45) is -1.26. The van der Waals surface area contributed by atoms with Gasteiger partial charge in [-0.15, -0.1) is 0 Å². The summed E-state index contributed by atoms with van der Waals surface area (Å²) in [6.45, 7) is 2.21. The lowest BCUT2D eigenvalue weighted by atomic mass is 9.91. The van der Waals surface area contributed by atoms with Crippen LogP contribution in [0.4, 0.5) is 13.2 Å². The van der Waals surface area contributed by atoms with Gasteiger partial charge in [0.15, 0.2) is 5.69 Å². The monoisotopic (exact) mass is 420 g/mol. The normalized spacial score (nSPS) is 20.1. The fourth-order valence-corrected chi connectivity index (χ4v) is 4.10. The van der Waals surface area contributed by atoms with Crippen molar-refractivity contribution < 1.29 is 27.0 Å². The number of aryl methyl sites for hydroxylation is 1. The van der Waals surface area contributed by atoms with Gasteiger partial charge in [-0.1, -0.05) is 10.3 Å². The number of hydrogen-bond acceptors (Lipinski definition) is 6. The van der Waals surface area contributed by atoms with Gasteiger partial charge in [0.1, 0.15) is 5.76 Å². The molecule has 5 rings (SSSR count). The minimum absolute atomic E-state index is 0.121. The Morgan fingerprint density at radius 1 is 1.13 bits per heavy atom. The Bertz CT molecular complexity index is 1120. The van der Waals surface area contributed by atoms with Crippen LogP contribution >= 0.6 is 0 Å². The van der Waals surface area contributed by atoms with Gasteiger partial charge in [-0.25, -0.2) is 4.98 Å². The number of nitrogens with zero attached hydrogens (tertiary/aromatic N) is 4. The Labute approximate surface area is 169 Å². The quantitative estimate of drug-likeness (QED) is 0.623. The first-order chi connectivity index (χ1) is 14.3. The van der Waals surface area contributed by atoms with Crippen LogP contribution in [0.2, 0.25) is 0 Å². The van der Waals surface area contributed by atoms with Crippen molar-refractivity contribution in [2.45, 2.75) is 50.6 Å². The first-order valence-corrected chi connectivity index (χ1v) is 9.91. The molecule has 1 aliphatic heterocycles. The number of piperidine rings is 1. The number of alkyl halides is 3. The summed E-state index contributed by atoms with van der Waals surface area (Å²) in [5.74, 6) is 0.384. The van der Waals surface area contributed by atoms with Gasteiger partial charge in [0, 0.05) is 36.7 Å². The molecule has 1 atom stereocenters. The number of carbonyl (C=O) groups excluding carboxylic acids is 1. The van der Waals surface area contributed by atoms with Crippen LogP contribution in [0.15, 0.2) is 21.2 Å². The number of halogens is 3. The maximum atomic E-state index is 13.6. The molecule has 0 spiro atoms. The predicted octanol–water partition coefficient (Wildman–Crippen LogP) is 4.44. The Morgan fingerprint density at radius 3 is 2.67 bits per heavy atom. The maximum Gasteiger partial charge on any atom is 0.417 e. The molecule has 158 valence electrons. The highest BCUT2D eigenvalue weighted by Crippen LogP contribution is 2.41. The third-order valence-corrected chi connectivity index (χ3v) is 5.73. The molecule has 30 heavy (non-hydrogen) atoms. The van der Waals surface area contributed by atoms with Crippen molar-refractivity contribution in [3.05, 3.63) is 40.5 Å². The maximum absolute atomic E-state index is 13.6. The van der Waals surface area contributed by atoms with Gasteiger partial charge < -0.3 is 13.9 Å². The number of likely N-dealkylation sites (tertiary alicyclic amines) is 1. The first-order valence-electron chi connectivity index (χ1n) is 9.91. The van der Waals surface area contributed by atoms with Crippen LogP contribution in [0.1, 0.15) is 70.7 Å². The van der Waals surface area contributed by atoms with Crippen molar-refractivity contribution in [1.82, 2.24) is 20.2 Å². The van der Waals surface area contributed by atoms with E-state index in [4.69, 9.17) is 9.05 Å². The van der Waals surface area contributed by atoms with Gasteiger partial charge >= 0.3 is 6.18 Å². The SMILES string of the molecule is Cc1cc(C(F)(F)F)c2c([C@H]3CCCN(C(=O)c4cc(C5CC5)on4)C3)noc2n1. The molecule has 7 nitrogen and oxygen atoms in total. The van der Waals surface area contributed by atoms with Gasteiger partial charge in [0.05, 0.1) is 16.6 Å². The van der Waals surface area contributed by atoms with Crippen molar-refractivity contribution in [2.24, 2.45) is 0 Å². The van der Waals surface area contributed by atoms with E-state index in [1.165, 1.54) is 6.92 Å². The summed E-state index contributed by atoms with van der Waals surface area (Å²) in [5.41, 5.74) is -0.311. The predicted molar refractivity (Wildman–Crippen MR) is 97.9 cm³/mol. The number of aromatic nitrogens is 3. The molecular formula is C20H19F3N4O3. The molecule has 1 aliphatic carbocycles. The van der Waals surface area contributed by atoms with Crippen LogP contribution in [-0.4, -0.2) is 39.2 Å². The number of pyridine rings is 1. The van der Waals surface area contributed by atoms with Crippen LogP contribution in [0, 0.1) is 6.92 Å². The zero-order valence-corrected chi connectivity index (χ0v) is 16.2. The summed E-state index contributed by atoms with van der Waals surface area (Å²) < 4.78 is 51.3. The lowest BCUT2D eigenvalue weighted by Crippen LogP contribution is -2.39. The van der Waals surface area contributed by atoms with Crippen molar-refractivity contribution in [2.75, 3.05) is 13.1 Å². The van der Waals surface area contributed by atoms with E-state index >= 15 is 0 Å². The van der Waals surface area contributed by atoms with Crippen molar-refractivity contribution in [3.8, 4) is 0 Å². The number of fused-ring (bicyclic) bond motifs is 1. The van der Waals surface area contributed by atoms with Crippen LogP contribution in [0.5, 0.6) is 0 Å². The second-order valence-electron chi connectivity index (χ2n) is 8.04. The fraction of sp³-hybridized carbons (Fsp3) is 0.500. The standard InChI is InChI=1S/C20H19F3N4O3/c1-10-7-13(20(21,22)23)16-17(26-30-18(16)24-10)12-3-2-6-27(9-12)19(28)14-8-15(29-25-14)11-4-5-11/h7-8,11-12H,2-6,9H2,1H3/t12-/m0/s1. The number of rotatable bonds is 3.